The Bertz CT molecular complexity index is 778. The fourth-order valence-electron chi connectivity index (χ4n) is 4.39. The van der Waals surface area contributed by atoms with E-state index in [1.807, 2.05) is 12.1 Å². The van der Waals surface area contributed by atoms with E-state index in [1.165, 1.54) is 5.56 Å². The molecule has 2 aromatic rings. The first-order valence-corrected chi connectivity index (χ1v) is 10.5. The van der Waals surface area contributed by atoms with E-state index in [0.29, 0.717) is 37.2 Å². The number of aromatic nitrogens is 3. The first-order chi connectivity index (χ1) is 14.1. The van der Waals surface area contributed by atoms with Crippen LogP contribution in [-0.2, 0) is 15.9 Å². The van der Waals surface area contributed by atoms with E-state index in [1.54, 1.807) is 7.11 Å². The maximum Gasteiger partial charge on any atom is 0.246 e. The molecule has 3 N–H and O–H groups in total. The zero-order valence-electron chi connectivity index (χ0n) is 16.8. The summed E-state index contributed by atoms with van der Waals surface area (Å²) in [7, 11) is 1.73. The van der Waals surface area contributed by atoms with Crippen molar-refractivity contribution in [2.75, 3.05) is 50.6 Å². The molecular formula is C20H29ClN6O2. The monoisotopic (exact) mass is 420 g/mol. The van der Waals surface area contributed by atoms with Crippen molar-refractivity contribution in [2.24, 2.45) is 0 Å². The lowest BCUT2D eigenvalue weighted by atomic mass is 9.96. The molecule has 1 aromatic carbocycles. The second-order valence-electron chi connectivity index (χ2n) is 7.83. The van der Waals surface area contributed by atoms with Crippen molar-refractivity contribution in [3.63, 3.8) is 0 Å². The molecule has 4 rings (SSSR count). The third-order valence-corrected chi connectivity index (χ3v) is 6.10. The van der Waals surface area contributed by atoms with Crippen LogP contribution in [0.4, 0.5) is 11.9 Å². The Morgan fingerprint density at radius 3 is 2.69 bits per heavy atom. The molecule has 8 nitrogen and oxygen atoms in total. The Kier molecular flexibility index (Phi) is 6.54. The normalized spacial score (nSPS) is 24.1. The number of hydrogen-bond donors (Lipinski definition) is 2. The molecule has 0 spiro atoms. The first-order valence-electron chi connectivity index (χ1n) is 10.2. The van der Waals surface area contributed by atoms with Gasteiger partial charge in [0.05, 0.1) is 19.3 Å². The summed E-state index contributed by atoms with van der Waals surface area (Å²) in [5, 5.41) is 7.69. The van der Waals surface area contributed by atoms with Gasteiger partial charge >= 0.3 is 0 Å². The van der Waals surface area contributed by atoms with Crippen LogP contribution in [0.1, 0.15) is 18.4 Å². The van der Waals surface area contributed by atoms with Crippen LogP contribution in [0, 0.1) is 0 Å². The first kappa shape index (κ1) is 20.4. The smallest absolute Gasteiger partial charge is 0.246 e. The minimum absolute atomic E-state index is 0.118. The van der Waals surface area contributed by atoms with Crippen LogP contribution in [0.3, 0.4) is 0 Å². The number of nitrogen functional groups attached to an aromatic ring is 1. The molecule has 9 heteroatoms. The summed E-state index contributed by atoms with van der Waals surface area (Å²) in [4.78, 5) is 9.09. The lowest BCUT2D eigenvalue weighted by Gasteiger charge is -2.46. The van der Waals surface area contributed by atoms with E-state index in [2.05, 4.69) is 37.1 Å². The van der Waals surface area contributed by atoms with E-state index in [0.717, 1.165) is 43.9 Å². The largest absolute Gasteiger partial charge is 0.382 e. The average molecular weight is 421 g/mol. The van der Waals surface area contributed by atoms with Gasteiger partial charge in [0.1, 0.15) is 0 Å². The van der Waals surface area contributed by atoms with Gasteiger partial charge in [-0.05, 0) is 37.0 Å². The number of rotatable bonds is 6. The molecule has 2 fully saturated rings. The molecule has 2 saturated heterocycles. The number of nitrogens with two attached hydrogens (primary N) is 1. The highest BCUT2D eigenvalue weighted by molar-refractivity contribution is 6.30. The standard InChI is InChI=1S/C20H29ClN6O2/c1-28-13-18-11-27(17(12-29-18)10-14-2-4-15(21)5-3-14)16-6-8-26(9-7-16)20-23-19(22)24-25-20/h2-5,16-18H,6-13H2,1H3,(H3,22,23,24,25)/t17-,18+/m0/s1. The summed E-state index contributed by atoms with van der Waals surface area (Å²) < 4.78 is 11.5. The van der Waals surface area contributed by atoms with Crippen molar-refractivity contribution in [3.05, 3.63) is 34.9 Å². The lowest BCUT2D eigenvalue weighted by Crippen LogP contribution is -2.58. The number of nitrogens with zero attached hydrogens (tertiary/aromatic N) is 4. The number of piperidine rings is 1. The topological polar surface area (TPSA) is 92.5 Å². The minimum atomic E-state index is 0.118. The number of ether oxygens (including phenoxy) is 2. The van der Waals surface area contributed by atoms with E-state index in [9.17, 15) is 0 Å². The molecule has 3 heterocycles. The molecule has 2 aliphatic heterocycles. The van der Waals surface area contributed by atoms with E-state index >= 15 is 0 Å². The van der Waals surface area contributed by atoms with Crippen LogP contribution in [-0.4, -0.2) is 78.2 Å². The maximum absolute atomic E-state index is 6.10. The predicted molar refractivity (Wildman–Crippen MR) is 113 cm³/mol. The summed E-state index contributed by atoms with van der Waals surface area (Å²) in [5.41, 5.74) is 6.96. The number of H-pyrrole nitrogens is 1. The van der Waals surface area contributed by atoms with Crippen molar-refractivity contribution in [1.29, 1.82) is 0 Å². The van der Waals surface area contributed by atoms with Crippen LogP contribution in [0.15, 0.2) is 24.3 Å². The van der Waals surface area contributed by atoms with Gasteiger partial charge in [0.15, 0.2) is 0 Å². The van der Waals surface area contributed by atoms with Gasteiger partial charge in [-0.15, -0.1) is 5.10 Å². The molecule has 29 heavy (non-hydrogen) atoms. The number of methoxy groups -OCH3 is 1. The summed E-state index contributed by atoms with van der Waals surface area (Å²) in [5.74, 6) is 1.05. The fourth-order valence-corrected chi connectivity index (χ4v) is 4.51. The maximum atomic E-state index is 6.10. The summed E-state index contributed by atoms with van der Waals surface area (Å²) in [6, 6.07) is 8.98. The number of halogens is 1. The van der Waals surface area contributed by atoms with Crippen molar-refractivity contribution in [2.45, 2.75) is 37.5 Å². The molecule has 158 valence electrons. The van der Waals surface area contributed by atoms with Gasteiger partial charge in [-0.25, -0.2) is 5.10 Å². The van der Waals surface area contributed by atoms with Crippen LogP contribution in [0.25, 0.3) is 0 Å². The SMILES string of the molecule is COC[C@H]1CN(C2CCN(c3n[nH]c(N)n3)CC2)[C@@H](Cc2ccc(Cl)cc2)CO1. The number of anilines is 2. The van der Waals surface area contributed by atoms with E-state index < -0.39 is 0 Å². The quantitative estimate of drug-likeness (QED) is 0.737. The highest BCUT2D eigenvalue weighted by Gasteiger charge is 2.35. The number of aromatic amines is 1. The summed E-state index contributed by atoms with van der Waals surface area (Å²) in [6.07, 6.45) is 3.19. The molecule has 0 amide bonds. The molecule has 0 bridgehead atoms. The van der Waals surface area contributed by atoms with Crippen molar-refractivity contribution < 1.29 is 9.47 Å². The highest BCUT2D eigenvalue weighted by Crippen LogP contribution is 2.26. The third-order valence-electron chi connectivity index (χ3n) is 5.85. The number of benzene rings is 1. The van der Waals surface area contributed by atoms with Crippen LogP contribution < -0.4 is 10.6 Å². The van der Waals surface area contributed by atoms with Gasteiger partial charge in [-0.2, -0.15) is 4.98 Å². The molecular weight excluding hydrogens is 392 g/mol. The van der Waals surface area contributed by atoms with Crippen LogP contribution in [0.2, 0.25) is 5.02 Å². The Labute approximate surface area is 176 Å². The Morgan fingerprint density at radius 2 is 2.03 bits per heavy atom. The highest BCUT2D eigenvalue weighted by atomic mass is 35.5. The van der Waals surface area contributed by atoms with Crippen molar-refractivity contribution in [1.82, 2.24) is 20.1 Å². The fraction of sp³-hybridized carbons (Fsp3) is 0.600. The molecule has 2 aliphatic rings. The number of hydrogen-bond acceptors (Lipinski definition) is 7. The zero-order valence-corrected chi connectivity index (χ0v) is 17.5. The van der Waals surface area contributed by atoms with Gasteiger partial charge in [-0.3, -0.25) is 4.90 Å². The lowest BCUT2D eigenvalue weighted by molar-refractivity contribution is -0.103. The van der Waals surface area contributed by atoms with E-state index in [4.69, 9.17) is 26.8 Å². The predicted octanol–water partition coefficient (Wildman–Crippen LogP) is 1.97. The Balaban J connectivity index is 1.42. The van der Waals surface area contributed by atoms with Crippen molar-refractivity contribution >= 4 is 23.5 Å². The van der Waals surface area contributed by atoms with Crippen LogP contribution >= 0.6 is 11.6 Å². The number of morpholine rings is 1. The molecule has 0 radical (unpaired) electrons. The van der Waals surface area contributed by atoms with Gasteiger partial charge in [0.25, 0.3) is 0 Å². The van der Waals surface area contributed by atoms with Crippen LogP contribution in [0.5, 0.6) is 0 Å². The Hall–Kier alpha value is -1.87. The van der Waals surface area contributed by atoms with Gasteiger partial charge in [0.2, 0.25) is 11.9 Å². The second-order valence-corrected chi connectivity index (χ2v) is 8.27. The second kappa shape index (κ2) is 9.30. The minimum Gasteiger partial charge on any atom is -0.382 e. The Morgan fingerprint density at radius 1 is 1.28 bits per heavy atom. The van der Waals surface area contributed by atoms with Gasteiger partial charge in [-0.1, -0.05) is 23.7 Å². The van der Waals surface area contributed by atoms with Gasteiger partial charge in [0, 0.05) is 43.9 Å². The van der Waals surface area contributed by atoms with E-state index in [-0.39, 0.29) is 6.10 Å². The zero-order chi connectivity index (χ0) is 20.2. The summed E-state index contributed by atoms with van der Waals surface area (Å²) >= 11 is 6.05. The molecule has 0 saturated carbocycles. The van der Waals surface area contributed by atoms with Gasteiger partial charge < -0.3 is 20.1 Å². The molecule has 0 unspecified atom stereocenters. The third kappa shape index (κ3) is 5.01. The molecule has 2 atom stereocenters. The summed E-state index contributed by atoms with van der Waals surface area (Å²) in [6.45, 7) is 4.07. The molecule has 1 aromatic heterocycles. The average Bonchev–Trinajstić information content (AvgIpc) is 3.17. The molecule has 0 aliphatic carbocycles. The number of nitrogens with one attached hydrogen (secondary N) is 1. The van der Waals surface area contributed by atoms with Crippen molar-refractivity contribution in [3.8, 4) is 0 Å².